The van der Waals surface area contributed by atoms with Gasteiger partial charge in [0.1, 0.15) is 25.4 Å². The van der Waals surface area contributed by atoms with Gasteiger partial charge in [-0.1, -0.05) is 45.4 Å². The summed E-state index contributed by atoms with van der Waals surface area (Å²) in [5.41, 5.74) is 0. The van der Waals surface area contributed by atoms with Crippen molar-refractivity contribution in [1.82, 2.24) is 5.32 Å². The molecule has 7 nitrogen and oxygen atoms in total. The normalized spacial score (nSPS) is 17.8. The van der Waals surface area contributed by atoms with Gasteiger partial charge in [0, 0.05) is 12.8 Å². The number of esters is 2. The number of carbonyl (C=O) groups excluding carboxylic acids is 3. The Balaban J connectivity index is 1.99. The largest absolute Gasteiger partial charge is 0.463 e. The average Bonchev–Trinajstić information content (AvgIpc) is 3.03. The monoisotopic (exact) mass is 357 g/mol. The number of aliphatic hydroxyl groups excluding tert-OH is 1. The lowest BCUT2D eigenvalue weighted by Gasteiger charge is -2.14. The summed E-state index contributed by atoms with van der Waals surface area (Å²) < 4.78 is 9.89. The van der Waals surface area contributed by atoms with E-state index in [9.17, 15) is 19.5 Å². The highest BCUT2D eigenvalue weighted by molar-refractivity contribution is 5.88. The lowest BCUT2D eigenvalue weighted by atomic mass is 10.1. The smallest absolute Gasteiger partial charge is 0.328 e. The Kier molecular flexibility index (Phi) is 10.9. The van der Waals surface area contributed by atoms with Crippen LogP contribution >= 0.6 is 0 Å². The Morgan fingerprint density at radius 3 is 2.40 bits per heavy atom. The molecular formula is C18H31NO6. The number of ether oxygens (including phenoxy) is 2. The summed E-state index contributed by atoms with van der Waals surface area (Å²) in [6.07, 6.45) is 7.85. The van der Waals surface area contributed by atoms with Gasteiger partial charge < -0.3 is 19.9 Å². The minimum absolute atomic E-state index is 0.179. The minimum atomic E-state index is -1.06. The molecule has 1 aliphatic heterocycles. The lowest BCUT2D eigenvalue weighted by molar-refractivity contribution is -0.154. The van der Waals surface area contributed by atoms with Gasteiger partial charge >= 0.3 is 11.9 Å². The maximum atomic E-state index is 11.6. The predicted molar refractivity (Wildman–Crippen MR) is 91.7 cm³/mol. The van der Waals surface area contributed by atoms with E-state index in [2.05, 4.69) is 12.2 Å². The van der Waals surface area contributed by atoms with Crippen LogP contribution in [0.1, 0.15) is 71.1 Å². The van der Waals surface area contributed by atoms with E-state index in [-0.39, 0.29) is 25.1 Å². The molecule has 1 heterocycles. The first-order valence-corrected chi connectivity index (χ1v) is 9.32. The molecule has 2 N–H and O–H groups in total. The molecule has 0 saturated carbocycles. The summed E-state index contributed by atoms with van der Waals surface area (Å²) in [6.45, 7) is 1.73. The van der Waals surface area contributed by atoms with E-state index in [0.717, 1.165) is 19.3 Å². The van der Waals surface area contributed by atoms with E-state index in [0.29, 0.717) is 19.3 Å². The molecule has 1 fully saturated rings. The topological polar surface area (TPSA) is 102 Å². The zero-order chi connectivity index (χ0) is 18.5. The van der Waals surface area contributed by atoms with E-state index in [4.69, 9.17) is 9.47 Å². The Morgan fingerprint density at radius 1 is 1.12 bits per heavy atom. The van der Waals surface area contributed by atoms with Gasteiger partial charge in [-0.2, -0.15) is 0 Å². The highest BCUT2D eigenvalue weighted by atomic mass is 16.6. The van der Waals surface area contributed by atoms with Crippen molar-refractivity contribution in [1.29, 1.82) is 0 Å². The molecule has 1 aliphatic rings. The van der Waals surface area contributed by atoms with Gasteiger partial charge in [-0.3, -0.25) is 9.59 Å². The highest BCUT2D eigenvalue weighted by Crippen LogP contribution is 2.10. The van der Waals surface area contributed by atoms with Gasteiger partial charge in [0.05, 0.1) is 0 Å². The van der Waals surface area contributed by atoms with Crippen LogP contribution in [-0.2, 0) is 23.9 Å². The van der Waals surface area contributed by atoms with Crippen LogP contribution in [0.3, 0.4) is 0 Å². The van der Waals surface area contributed by atoms with Crippen LogP contribution in [0.5, 0.6) is 0 Å². The fraction of sp³-hybridized carbons (Fsp3) is 0.833. The fourth-order valence-electron chi connectivity index (χ4n) is 2.61. The van der Waals surface area contributed by atoms with Crippen molar-refractivity contribution >= 4 is 17.8 Å². The van der Waals surface area contributed by atoms with Crippen molar-refractivity contribution < 1.29 is 29.0 Å². The van der Waals surface area contributed by atoms with Crippen LogP contribution in [0.4, 0.5) is 0 Å². The van der Waals surface area contributed by atoms with Crippen molar-refractivity contribution in [2.75, 3.05) is 13.2 Å². The molecule has 0 aromatic carbocycles. The van der Waals surface area contributed by atoms with Gasteiger partial charge in [0.25, 0.3) is 0 Å². The first-order valence-electron chi connectivity index (χ1n) is 9.32. The fourth-order valence-corrected chi connectivity index (χ4v) is 2.61. The zero-order valence-corrected chi connectivity index (χ0v) is 15.1. The van der Waals surface area contributed by atoms with E-state index in [1.165, 1.54) is 25.7 Å². The average molecular weight is 357 g/mol. The molecule has 1 saturated heterocycles. The molecule has 0 spiro atoms. The number of hydrogen-bond donors (Lipinski definition) is 2. The summed E-state index contributed by atoms with van der Waals surface area (Å²) in [6, 6.07) is -0.639. The summed E-state index contributed by atoms with van der Waals surface area (Å²) in [4.78, 5) is 34.2. The van der Waals surface area contributed by atoms with Crippen LogP contribution in [0, 0.1) is 0 Å². The van der Waals surface area contributed by atoms with Crippen LogP contribution in [0.2, 0.25) is 0 Å². The van der Waals surface area contributed by atoms with Gasteiger partial charge in [0.2, 0.25) is 5.91 Å². The van der Waals surface area contributed by atoms with Crippen molar-refractivity contribution in [3.05, 3.63) is 0 Å². The number of unbranched alkanes of at least 4 members (excludes halogenated alkanes) is 6. The van der Waals surface area contributed by atoms with Crippen LogP contribution in [0.25, 0.3) is 0 Å². The number of carbonyl (C=O) groups is 3. The summed E-state index contributed by atoms with van der Waals surface area (Å²) in [5.74, 6) is -1.09. The van der Waals surface area contributed by atoms with Gasteiger partial charge in [-0.15, -0.1) is 0 Å². The molecule has 144 valence electrons. The van der Waals surface area contributed by atoms with Gasteiger partial charge in [0.15, 0.2) is 0 Å². The SMILES string of the molecule is CCCCCCCCCC(=O)OCC(O)COC(=O)[C@H]1CCC(=O)N1. The van der Waals surface area contributed by atoms with Gasteiger partial charge in [-0.05, 0) is 12.8 Å². The quantitative estimate of drug-likeness (QED) is 0.385. The van der Waals surface area contributed by atoms with Gasteiger partial charge in [-0.25, -0.2) is 4.79 Å². The predicted octanol–water partition coefficient (Wildman–Crippen LogP) is 1.85. The molecule has 2 atom stereocenters. The first-order chi connectivity index (χ1) is 12.0. The van der Waals surface area contributed by atoms with E-state index in [1.807, 2.05) is 0 Å². The van der Waals surface area contributed by atoms with Crippen LogP contribution in [0.15, 0.2) is 0 Å². The lowest BCUT2D eigenvalue weighted by Crippen LogP contribution is -2.36. The van der Waals surface area contributed by atoms with Crippen molar-refractivity contribution in [2.24, 2.45) is 0 Å². The molecule has 25 heavy (non-hydrogen) atoms. The van der Waals surface area contributed by atoms with Crippen molar-refractivity contribution in [3.8, 4) is 0 Å². The second kappa shape index (κ2) is 12.7. The molecule has 0 bridgehead atoms. The molecule has 0 aromatic rings. The van der Waals surface area contributed by atoms with E-state index >= 15 is 0 Å². The molecule has 7 heteroatoms. The maximum Gasteiger partial charge on any atom is 0.328 e. The summed E-state index contributed by atoms with van der Waals surface area (Å²) in [7, 11) is 0. The Hall–Kier alpha value is -1.63. The minimum Gasteiger partial charge on any atom is -0.463 e. The molecular weight excluding hydrogens is 326 g/mol. The standard InChI is InChI=1S/C18H31NO6/c1-2-3-4-5-6-7-8-9-17(22)24-12-14(20)13-25-18(23)15-10-11-16(21)19-15/h14-15,20H,2-13H2,1H3,(H,19,21)/t14?,15-/m1/s1. The number of rotatable bonds is 13. The molecule has 0 aliphatic carbocycles. The third kappa shape index (κ3) is 10.1. The second-order valence-corrected chi connectivity index (χ2v) is 6.50. The Morgan fingerprint density at radius 2 is 1.76 bits per heavy atom. The van der Waals surface area contributed by atoms with Crippen molar-refractivity contribution in [2.45, 2.75) is 83.3 Å². The Bertz CT molecular complexity index is 426. The molecule has 1 unspecified atom stereocenters. The maximum absolute atomic E-state index is 11.6. The summed E-state index contributed by atoms with van der Waals surface area (Å²) in [5, 5.41) is 12.2. The molecule has 0 radical (unpaired) electrons. The number of hydrogen-bond acceptors (Lipinski definition) is 6. The van der Waals surface area contributed by atoms with E-state index < -0.39 is 18.1 Å². The zero-order valence-electron chi connectivity index (χ0n) is 15.1. The first kappa shape index (κ1) is 21.4. The highest BCUT2D eigenvalue weighted by Gasteiger charge is 2.28. The number of amides is 1. The summed E-state index contributed by atoms with van der Waals surface area (Å²) >= 11 is 0. The number of aliphatic hydroxyl groups is 1. The third-order valence-corrected chi connectivity index (χ3v) is 4.12. The van der Waals surface area contributed by atoms with E-state index in [1.54, 1.807) is 0 Å². The van der Waals surface area contributed by atoms with Crippen LogP contribution in [-0.4, -0.2) is 48.3 Å². The second-order valence-electron chi connectivity index (χ2n) is 6.50. The third-order valence-electron chi connectivity index (χ3n) is 4.12. The number of nitrogens with one attached hydrogen (secondary N) is 1. The molecule has 1 amide bonds. The van der Waals surface area contributed by atoms with Crippen LogP contribution < -0.4 is 5.32 Å². The van der Waals surface area contributed by atoms with Crippen molar-refractivity contribution in [3.63, 3.8) is 0 Å². The molecule has 1 rings (SSSR count). The molecule has 0 aromatic heterocycles. The Labute approximate surface area is 149 Å².